The number of ketones is 1. The minimum atomic E-state index is -2.79. The van der Waals surface area contributed by atoms with Crippen LogP contribution in [0.15, 0.2) is 0 Å². The van der Waals surface area contributed by atoms with Crippen LogP contribution in [0.3, 0.4) is 0 Å². The number of carbonyl (C=O) groups is 5. The van der Waals surface area contributed by atoms with E-state index in [0.29, 0.717) is 38.5 Å². The molecule has 346 valence electrons. The molecule has 2 aliphatic heterocycles. The molecule has 23 heteroatoms. The quantitative estimate of drug-likeness (QED) is 0.0426. The molecule has 0 spiro atoms. The maximum absolute atomic E-state index is 12.6. The van der Waals surface area contributed by atoms with E-state index in [2.05, 4.69) is 16.0 Å². The topological polar surface area (TPSA) is 370 Å². The average Bonchev–Trinajstić information content (AvgIpc) is 3.20. The number of hydrogen-bond acceptors (Lipinski definition) is 19. The van der Waals surface area contributed by atoms with E-state index in [4.69, 9.17) is 23.7 Å². The van der Waals surface area contributed by atoms with Crippen molar-refractivity contribution in [3.05, 3.63) is 0 Å². The molecular weight excluding hydrogens is 806 g/mol. The number of hydrogen-bond donors (Lipinski definition) is 13. The van der Waals surface area contributed by atoms with Gasteiger partial charge in [0.1, 0.15) is 60.7 Å². The van der Waals surface area contributed by atoms with E-state index in [1.54, 1.807) is 0 Å². The van der Waals surface area contributed by atoms with Gasteiger partial charge in [-0.2, -0.15) is 0 Å². The fourth-order valence-corrected chi connectivity index (χ4v) is 7.55. The molecule has 0 aromatic rings. The van der Waals surface area contributed by atoms with Crippen LogP contribution in [-0.4, -0.2) is 205 Å². The first-order valence-electron chi connectivity index (χ1n) is 20.0. The van der Waals surface area contributed by atoms with Crippen molar-refractivity contribution in [3.8, 4) is 0 Å². The molecule has 1 saturated carbocycles. The van der Waals surface area contributed by atoms with Crippen LogP contribution in [0.4, 0.5) is 0 Å². The van der Waals surface area contributed by atoms with Gasteiger partial charge in [-0.3, -0.25) is 19.2 Å². The largest absolute Gasteiger partial charge is 0.477 e. The summed E-state index contributed by atoms with van der Waals surface area (Å²) in [5.41, 5.74) is 0. The molecule has 16 atom stereocenters. The van der Waals surface area contributed by atoms with E-state index in [9.17, 15) is 75.0 Å². The van der Waals surface area contributed by atoms with Gasteiger partial charge in [0.25, 0.3) is 5.79 Å². The Morgan fingerprint density at radius 3 is 2.03 bits per heavy atom. The number of carboxylic acids is 1. The second kappa shape index (κ2) is 24.0. The van der Waals surface area contributed by atoms with E-state index in [1.165, 1.54) is 14.0 Å². The normalized spacial score (nSPS) is 35.5. The van der Waals surface area contributed by atoms with Gasteiger partial charge in [-0.25, -0.2) is 4.79 Å². The third-order valence-electron chi connectivity index (χ3n) is 10.9. The van der Waals surface area contributed by atoms with Crippen LogP contribution in [0, 0.1) is 5.92 Å². The van der Waals surface area contributed by atoms with Crippen molar-refractivity contribution in [2.75, 3.05) is 33.5 Å². The lowest BCUT2D eigenvalue weighted by molar-refractivity contribution is -0.320. The summed E-state index contributed by atoms with van der Waals surface area (Å²) in [5, 5.41) is 113. The number of ether oxygens (including phenoxy) is 5. The van der Waals surface area contributed by atoms with Crippen molar-refractivity contribution in [1.82, 2.24) is 16.0 Å². The highest BCUT2D eigenvalue weighted by molar-refractivity contribution is 5.79. The maximum atomic E-state index is 12.6. The Morgan fingerprint density at radius 2 is 1.45 bits per heavy atom. The summed E-state index contributed by atoms with van der Waals surface area (Å²) in [4.78, 5) is 60.3. The number of unbranched alkanes of at least 4 members (excludes halogenated alkanes) is 2. The molecule has 2 saturated heterocycles. The lowest BCUT2D eigenvalue weighted by atomic mass is 9.80. The second-order valence-corrected chi connectivity index (χ2v) is 15.5. The summed E-state index contributed by atoms with van der Waals surface area (Å²) in [6.07, 6.45) is -18.7. The smallest absolute Gasteiger partial charge is 0.364 e. The van der Waals surface area contributed by atoms with Crippen molar-refractivity contribution in [1.29, 1.82) is 0 Å². The van der Waals surface area contributed by atoms with E-state index >= 15 is 0 Å². The minimum Gasteiger partial charge on any atom is -0.477 e. The molecule has 3 fully saturated rings. The number of rotatable bonds is 23. The van der Waals surface area contributed by atoms with Crippen LogP contribution >= 0.6 is 0 Å². The highest BCUT2D eigenvalue weighted by atomic mass is 16.7. The number of aliphatic hydroxyl groups is 9. The van der Waals surface area contributed by atoms with Gasteiger partial charge in [0.2, 0.25) is 17.7 Å². The van der Waals surface area contributed by atoms with Crippen LogP contribution in [0.5, 0.6) is 0 Å². The minimum absolute atomic E-state index is 0.0202. The Morgan fingerprint density at radius 1 is 0.833 bits per heavy atom. The zero-order valence-corrected chi connectivity index (χ0v) is 33.9. The average molecular weight is 870 g/mol. The molecule has 60 heavy (non-hydrogen) atoms. The monoisotopic (exact) mass is 869 g/mol. The van der Waals surface area contributed by atoms with Crippen molar-refractivity contribution in [2.45, 2.75) is 163 Å². The lowest BCUT2D eigenvalue weighted by Gasteiger charge is -2.48. The molecule has 0 radical (unpaired) electrons. The summed E-state index contributed by atoms with van der Waals surface area (Å²) < 4.78 is 29.0. The predicted octanol–water partition coefficient (Wildman–Crippen LogP) is -5.35. The van der Waals surface area contributed by atoms with Gasteiger partial charge in [0.15, 0.2) is 6.29 Å². The van der Waals surface area contributed by atoms with Crippen molar-refractivity contribution >= 4 is 29.5 Å². The predicted molar refractivity (Wildman–Crippen MR) is 200 cm³/mol. The van der Waals surface area contributed by atoms with Gasteiger partial charge in [-0.1, -0.05) is 0 Å². The molecule has 0 bridgehead atoms. The molecule has 2 heterocycles. The Balaban J connectivity index is 1.70. The fourth-order valence-electron chi connectivity index (χ4n) is 7.55. The maximum Gasteiger partial charge on any atom is 0.364 e. The third-order valence-corrected chi connectivity index (χ3v) is 10.9. The summed E-state index contributed by atoms with van der Waals surface area (Å²) in [7, 11) is 1.54. The summed E-state index contributed by atoms with van der Waals surface area (Å²) >= 11 is 0. The Labute approximate surface area is 346 Å². The third kappa shape index (κ3) is 13.7. The van der Waals surface area contributed by atoms with Gasteiger partial charge < -0.3 is 90.7 Å². The molecular formula is C37H63N3O20. The van der Waals surface area contributed by atoms with Gasteiger partial charge in [0, 0.05) is 59.1 Å². The molecule has 3 aliphatic rings. The molecule has 13 N–H and O–H groups in total. The van der Waals surface area contributed by atoms with Crippen LogP contribution in [0.1, 0.15) is 71.6 Å². The number of amides is 3. The zero-order chi connectivity index (χ0) is 44.9. The van der Waals surface area contributed by atoms with Crippen LogP contribution in [-0.2, 0) is 47.7 Å². The Kier molecular flexibility index (Phi) is 20.5. The lowest BCUT2D eigenvalue weighted by Crippen LogP contribution is -2.68. The highest BCUT2D eigenvalue weighted by Crippen LogP contribution is 2.37. The molecule has 1 aliphatic carbocycles. The van der Waals surface area contributed by atoms with Crippen LogP contribution in [0.2, 0.25) is 0 Å². The van der Waals surface area contributed by atoms with Crippen LogP contribution < -0.4 is 16.0 Å². The van der Waals surface area contributed by atoms with Crippen molar-refractivity contribution < 1.29 is 98.7 Å². The van der Waals surface area contributed by atoms with Gasteiger partial charge in [0.05, 0.1) is 44.2 Å². The summed E-state index contributed by atoms with van der Waals surface area (Å²) in [6.45, 7) is -0.264. The number of carboxylic acid groups (broad SMARTS) is 1. The summed E-state index contributed by atoms with van der Waals surface area (Å²) in [5.74, 6) is -7.25. The molecule has 3 amide bonds. The van der Waals surface area contributed by atoms with E-state index in [1.807, 2.05) is 0 Å². The first-order chi connectivity index (χ1) is 28.3. The van der Waals surface area contributed by atoms with E-state index in [0.717, 1.165) is 6.92 Å². The molecule has 0 aromatic carbocycles. The van der Waals surface area contributed by atoms with Crippen molar-refractivity contribution in [3.63, 3.8) is 0 Å². The molecule has 3 rings (SSSR count). The first-order valence-corrected chi connectivity index (χ1v) is 20.0. The second-order valence-electron chi connectivity index (χ2n) is 15.5. The number of carbonyl (C=O) groups excluding carboxylic acids is 4. The van der Waals surface area contributed by atoms with Crippen molar-refractivity contribution in [2.24, 2.45) is 5.92 Å². The first kappa shape index (κ1) is 51.3. The number of nitrogens with one attached hydrogen (secondary N) is 3. The van der Waals surface area contributed by atoms with Gasteiger partial charge in [-0.05, 0) is 32.1 Å². The Hall–Kier alpha value is -3.01. The van der Waals surface area contributed by atoms with E-state index in [-0.39, 0.29) is 31.1 Å². The van der Waals surface area contributed by atoms with Crippen LogP contribution in [0.25, 0.3) is 0 Å². The fraction of sp³-hybridized carbons (Fsp3) is 0.865. The highest BCUT2D eigenvalue weighted by Gasteiger charge is 2.57. The summed E-state index contributed by atoms with van der Waals surface area (Å²) in [6, 6.07) is -2.76. The van der Waals surface area contributed by atoms with E-state index < -0.39 is 141 Å². The SMILES string of the molecule is CNC(=O)CCCCC(=O)CCCCO[C@@H]1OC(CO)[C@@H](O[C@@H]2CC(CO[C@]3(C(=O)O)C[C@@H](O)[C@@H](NC(C)=O)C(C(O)C(O)CO)O3)[C@H](O)[C@H](O)C2O)[C@H](O)C1NC(C)=O. The molecule has 0 aromatic heterocycles. The number of Topliss-reactive ketones (excluding diaryl/α,β-unsaturated/α-hetero) is 1. The number of aliphatic hydroxyl groups excluding tert-OH is 9. The Bertz CT molecular complexity index is 1410. The zero-order valence-electron chi connectivity index (χ0n) is 33.9. The number of aliphatic carboxylic acids is 1. The molecule has 7 unspecified atom stereocenters. The molecule has 23 nitrogen and oxygen atoms in total. The van der Waals surface area contributed by atoms with Gasteiger partial charge in [-0.15, -0.1) is 0 Å². The standard InChI is InChI=1S/C37H63N3O20/c1-17(43)39-26-21(46)13-37(36(54)55,60-34(26)29(50)22(47)14-41)57-16-19-12-23(30(51)32(53)28(19)49)58-33-24(15-42)59-35(27(31(33)52)40-18(2)44)56-11-7-6-9-20(45)8-4-5-10-25(48)38-3/h19,21-24,26-35,41-42,46-47,49-53H,4-16H2,1-3H3,(H,38,48)(H,39,43)(H,40,44)(H,54,55)/t19?,21-,22?,23-,24?,26-,27?,28+,29?,30?,31-,32+,33-,34?,35-,37-/m1/s1. The van der Waals surface area contributed by atoms with Gasteiger partial charge >= 0.3 is 5.97 Å².